The first-order chi connectivity index (χ1) is 16.2. The SMILES string of the molecule is CN1CCN(c2ccc(-c3cnn4c(-c5ccnc(-c6cn[nH]c6)c5)cnc4c3)cn2)CC1. The van der Waals surface area contributed by atoms with Gasteiger partial charge in [-0.25, -0.2) is 14.5 Å². The van der Waals surface area contributed by atoms with Crippen molar-refractivity contribution in [3.8, 4) is 33.6 Å². The fourth-order valence-electron chi connectivity index (χ4n) is 4.15. The van der Waals surface area contributed by atoms with Crippen LogP contribution >= 0.6 is 0 Å². The predicted octanol–water partition coefficient (Wildman–Crippen LogP) is 3.00. The van der Waals surface area contributed by atoms with E-state index in [0.29, 0.717) is 0 Å². The summed E-state index contributed by atoms with van der Waals surface area (Å²) < 4.78 is 1.85. The van der Waals surface area contributed by atoms with Crippen LogP contribution in [0.3, 0.4) is 0 Å². The topological polar surface area (TPSA) is 91.1 Å². The molecule has 0 saturated carbocycles. The molecular weight excluding hydrogens is 414 g/mol. The number of aromatic nitrogens is 7. The smallest absolute Gasteiger partial charge is 0.154 e. The molecule has 0 aromatic carbocycles. The molecule has 1 fully saturated rings. The second kappa shape index (κ2) is 8.10. The van der Waals surface area contributed by atoms with E-state index in [9.17, 15) is 0 Å². The number of imidazole rings is 1. The summed E-state index contributed by atoms with van der Waals surface area (Å²) in [5.41, 5.74) is 6.49. The minimum absolute atomic E-state index is 0.785. The number of pyridine rings is 2. The lowest BCUT2D eigenvalue weighted by Crippen LogP contribution is -2.44. The average molecular weight is 438 g/mol. The average Bonchev–Trinajstić information content (AvgIpc) is 3.55. The Morgan fingerprint density at radius 3 is 2.48 bits per heavy atom. The second-order valence-electron chi connectivity index (χ2n) is 8.27. The van der Waals surface area contributed by atoms with Crippen molar-refractivity contribution in [2.75, 3.05) is 38.1 Å². The van der Waals surface area contributed by atoms with Gasteiger partial charge in [-0.3, -0.25) is 10.1 Å². The Balaban J connectivity index is 1.28. The number of rotatable bonds is 4. The summed E-state index contributed by atoms with van der Waals surface area (Å²) in [6.07, 6.45) is 11.0. The third-order valence-electron chi connectivity index (χ3n) is 6.12. The van der Waals surface area contributed by atoms with Crippen LogP contribution in [0.25, 0.3) is 39.3 Å². The van der Waals surface area contributed by atoms with E-state index < -0.39 is 0 Å². The Bertz CT molecular complexity index is 1380. The summed E-state index contributed by atoms with van der Waals surface area (Å²) in [5, 5.41) is 11.5. The molecule has 0 amide bonds. The summed E-state index contributed by atoms with van der Waals surface area (Å²) in [5.74, 6) is 1.02. The number of nitrogens with zero attached hydrogens (tertiary/aromatic N) is 8. The lowest BCUT2D eigenvalue weighted by Gasteiger charge is -2.33. The number of aromatic amines is 1. The molecule has 9 heteroatoms. The van der Waals surface area contributed by atoms with Gasteiger partial charge in [-0.1, -0.05) is 0 Å². The van der Waals surface area contributed by atoms with Gasteiger partial charge >= 0.3 is 0 Å². The van der Waals surface area contributed by atoms with Gasteiger partial charge in [0.2, 0.25) is 0 Å². The molecular formula is C24H23N9. The van der Waals surface area contributed by atoms with Gasteiger partial charge in [-0.15, -0.1) is 0 Å². The molecule has 0 atom stereocenters. The molecule has 5 aromatic rings. The number of likely N-dealkylation sites (N-methyl/N-ethyl adjacent to an activating group) is 1. The van der Waals surface area contributed by atoms with Crippen molar-refractivity contribution in [1.29, 1.82) is 0 Å². The van der Waals surface area contributed by atoms with Gasteiger partial charge in [0, 0.05) is 67.0 Å². The number of anilines is 1. The van der Waals surface area contributed by atoms with E-state index in [0.717, 1.165) is 71.3 Å². The van der Waals surface area contributed by atoms with Crippen molar-refractivity contribution in [3.63, 3.8) is 0 Å². The maximum Gasteiger partial charge on any atom is 0.154 e. The van der Waals surface area contributed by atoms with E-state index in [-0.39, 0.29) is 0 Å². The van der Waals surface area contributed by atoms with Crippen LogP contribution in [-0.2, 0) is 0 Å². The second-order valence-corrected chi connectivity index (χ2v) is 8.27. The van der Waals surface area contributed by atoms with Crippen molar-refractivity contribution in [2.24, 2.45) is 0 Å². The Morgan fingerprint density at radius 2 is 1.70 bits per heavy atom. The van der Waals surface area contributed by atoms with Crippen LogP contribution in [0, 0.1) is 0 Å². The molecule has 1 saturated heterocycles. The molecule has 0 unspecified atom stereocenters. The summed E-state index contributed by atoms with van der Waals surface area (Å²) in [6, 6.07) is 10.2. The zero-order valence-electron chi connectivity index (χ0n) is 18.3. The first-order valence-electron chi connectivity index (χ1n) is 10.9. The third kappa shape index (κ3) is 3.72. The van der Waals surface area contributed by atoms with Crippen LogP contribution < -0.4 is 4.90 Å². The van der Waals surface area contributed by atoms with E-state index in [4.69, 9.17) is 4.98 Å². The van der Waals surface area contributed by atoms with Crippen molar-refractivity contribution in [2.45, 2.75) is 0 Å². The van der Waals surface area contributed by atoms with Crippen LogP contribution in [-0.4, -0.2) is 72.9 Å². The Kier molecular flexibility index (Phi) is 4.80. The molecule has 0 aliphatic carbocycles. The minimum Gasteiger partial charge on any atom is -0.354 e. The van der Waals surface area contributed by atoms with E-state index in [2.05, 4.69) is 54.2 Å². The summed E-state index contributed by atoms with van der Waals surface area (Å²) in [7, 11) is 2.16. The Labute approximate surface area is 190 Å². The predicted molar refractivity (Wildman–Crippen MR) is 127 cm³/mol. The number of hydrogen-bond acceptors (Lipinski definition) is 7. The fourth-order valence-corrected chi connectivity index (χ4v) is 4.15. The monoisotopic (exact) mass is 437 g/mol. The molecule has 0 bridgehead atoms. The summed E-state index contributed by atoms with van der Waals surface area (Å²) >= 11 is 0. The van der Waals surface area contributed by atoms with E-state index >= 15 is 0 Å². The Morgan fingerprint density at radius 1 is 0.788 bits per heavy atom. The van der Waals surface area contributed by atoms with E-state index in [1.165, 1.54) is 0 Å². The van der Waals surface area contributed by atoms with Crippen LogP contribution in [0.5, 0.6) is 0 Å². The van der Waals surface area contributed by atoms with Crippen LogP contribution in [0.2, 0.25) is 0 Å². The summed E-state index contributed by atoms with van der Waals surface area (Å²) in [4.78, 5) is 18.4. The molecule has 1 aliphatic rings. The molecule has 6 rings (SSSR count). The van der Waals surface area contributed by atoms with Gasteiger partial charge in [0.15, 0.2) is 5.65 Å². The van der Waals surface area contributed by atoms with Crippen molar-refractivity contribution in [1.82, 2.24) is 39.7 Å². The van der Waals surface area contributed by atoms with Crippen molar-refractivity contribution < 1.29 is 0 Å². The molecule has 1 aliphatic heterocycles. The molecule has 0 spiro atoms. The maximum absolute atomic E-state index is 4.71. The quantitative estimate of drug-likeness (QED) is 0.462. The van der Waals surface area contributed by atoms with Crippen LogP contribution in [0.15, 0.2) is 67.5 Å². The van der Waals surface area contributed by atoms with Gasteiger partial charge in [-0.2, -0.15) is 10.2 Å². The van der Waals surface area contributed by atoms with Crippen molar-refractivity contribution >= 4 is 11.5 Å². The highest BCUT2D eigenvalue weighted by atomic mass is 15.3. The lowest BCUT2D eigenvalue weighted by atomic mass is 10.1. The lowest BCUT2D eigenvalue weighted by molar-refractivity contribution is 0.312. The molecule has 33 heavy (non-hydrogen) atoms. The number of nitrogens with one attached hydrogen (secondary N) is 1. The van der Waals surface area contributed by atoms with Gasteiger partial charge in [-0.05, 0) is 37.4 Å². The number of piperazine rings is 1. The zero-order valence-corrected chi connectivity index (χ0v) is 18.3. The van der Waals surface area contributed by atoms with Gasteiger partial charge in [0.1, 0.15) is 5.82 Å². The molecule has 5 aromatic heterocycles. The highest BCUT2D eigenvalue weighted by Crippen LogP contribution is 2.27. The van der Waals surface area contributed by atoms with Gasteiger partial charge < -0.3 is 9.80 Å². The normalized spacial score (nSPS) is 14.8. The minimum atomic E-state index is 0.785. The zero-order chi connectivity index (χ0) is 22.2. The third-order valence-corrected chi connectivity index (χ3v) is 6.12. The molecule has 164 valence electrons. The van der Waals surface area contributed by atoms with Crippen LogP contribution in [0.1, 0.15) is 0 Å². The van der Waals surface area contributed by atoms with Gasteiger partial charge in [0.05, 0.1) is 30.0 Å². The first-order valence-corrected chi connectivity index (χ1v) is 10.9. The number of fused-ring (bicyclic) bond motifs is 1. The van der Waals surface area contributed by atoms with Crippen molar-refractivity contribution in [3.05, 3.63) is 67.5 Å². The number of H-pyrrole nitrogens is 1. The summed E-state index contributed by atoms with van der Waals surface area (Å²) in [6.45, 7) is 4.13. The largest absolute Gasteiger partial charge is 0.354 e. The highest BCUT2D eigenvalue weighted by molar-refractivity contribution is 5.72. The van der Waals surface area contributed by atoms with E-state index in [1.54, 1.807) is 12.4 Å². The fraction of sp³-hybridized carbons (Fsp3) is 0.208. The van der Waals surface area contributed by atoms with Crippen LogP contribution in [0.4, 0.5) is 5.82 Å². The maximum atomic E-state index is 4.71. The number of hydrogen-bond donors (Lipinski definition) is 1. The highest BCUT2D eigenvalue weighted by Gasteiger charge is 2.16. The first kappa shape index (κ1) is 19.6. The molecule has 1 N–H and O–H groups in total. The molecule has 6 heterocycles. The molecule has 9 nitrogen and oxygen atoms in total. The standard InChI is InChI=1S/C24H23N9/c1-31-6-8-32(9-7-31)23-3-2-18(12-26-23)19-11-24-27-16-22(33(24)30-15-19)17-4-5-25-21(10-17)20-13-28-29-14-20/h2-5,10-16H,6-9H2,1H3,(H,28,29). The molecule has 0 radical (unpaired) electrons. The van der Waals surface area contributed by atoms with Gasteiger partial charge in [0.25, 0.3) is 0 Å². The van der Waals surface area contributed by atoms with E-state index in [1.807, 2.05) is 47.5 Å². The Hall–Kier alpha value is -4.11.